The van der Waals surface area contributed by atoms with Crippen LogP contribution in [0.1, 0.15) is 72.6 Å². The first-order chi connectivity index (χ1) is 17.8. The van der Waals surface area contributed by atoms with Gasteiger partial charge >= 0.3 is 6.09 Å². The minimum atomic E-state index is -1.41. The molecule has 2 rings (SSSR count). The molecule has 0 aromatic rings. The van der Waals surface area contributed by atoms with E-state index < -0.39 is 59.4 Å². The number of hydrazine groups is 1. The fourth-order valence-corrected chi connectivity index (χ4v) is 5.08. The van der Waals surface area contributed by atoms with E-state index in [2.05, 4.69) is 21.4 Å². The summed E-state index contributed by atoms with van der Waals surface area (Å²) >= 11 is 5.76. The molecule has 1 saturated carbocycles. The van der Waals surface area contributed by atoms with Crippen LogP contribution in [0.4, 0.5) is 4.79 Å². The Morgan fingerprint density at radius 3 is 2.29 bits per heavy atom. The molecule has 5 amide bonds. The normalized spacial score (nSPS) is 20.6. The molecule has 12 nitrogen and oxygen atoms in total. The Bertz CT molecular complexity index is 860. The summed E-state index contributed by atoms with van der Waals surface area (Å²) in [5.74, 6) is -2.88. The van der Waals surface area contributed by atoms with Crippen LogP contribution in [0, 0.1) is 11.8 Å². The summed E-state index contributed by atoms with van der Waals surface area (Å²) in [5, 5.41) is 17.9. The zero-order valence-electron chi connectivity index (χ0n) is 22.7. The van der Waals surface area contributed by atoms with Crippen molar-refractivity contribution < 1.29 is 33.8 Å². The highest BCUT2D eigenvalue weighted by Crippen LogP contribution is 2.27. The van der Waals surface area contributed by atoms with Gasteiger partial charge in [-0.25, -0.2) is 4.79 Å². The van der Waals surface area contributed by atoms with Crippen molar-refractivity contribution in [3.63, 3.8) is 0 Å². The zero-order valence-corrected chi connectivity index (χ0v) is 23.4. The lowest BCUT2D eigenvalue weighted by Gasteiger charge is -2.33. The van der Waals surface area contributed by atoms with Gasteiger partial charge in [0, 0.05) is 6.54 Å². The van der Waals surface area contributed by atoms with Gasteiger partial charge in [-0.3, -0.25) is 29.6 Å². The Kier molecular flexibility index (Phi) is 12.1. The average Bonchev–Trinajstić information content (AvgIpc) is 3.24. The van der Waals surface area contributed by atoms with Gasteiger partial charge in [-0.1, -0.05) is 32.1 Å². The van der Waals surface area contributed by atoms with Gasteiger partial charge in [0.2, 0.25) is 11.8 Å². The second kappa shape index (κ2) is 14.5. The molecule has 0 spiro atoms. The predicted molar refractivity (Wildman–Crippen MR) is 140 cm³/mol. The summed E-state index contributed by atoms with van der Waals surface area (Å²) in [7, 11) is 0. The molecule has 38 heavy (non-hydrogen) atoms. The fourth-order valence-electron chi connectivity index (χ4n) is 4.94. The number of nitrogens with one attached hydrogen (secondary N) is 4. The molecule has 1 aliphatic heterocycles. The SMILES string of the molecule is C[C@@H](OC(C)(C)C)[C@H](NC(=O)O)C(=O)N[C@@H](CC1CCCCC1)C(=O)NN(CC1CCNC1=O)C(=O)CCl. The van der Waals surface area contributed by atoms with Crippen LogP contribution in [0.3, 0.4) is 0 Å². The van der Waals surface area contributed by atoms with E-state index in [0.717, 1.165) is 37.1 Å². The Morgan fingerprint density at radius 1 is 1.11 bits per heavy atom. The molecule has 216 valence electrons. The van der Waals surface area contributed by atoms with Crippen molar-refractivity contribution in [2.24, 2.45) is 11.8 Å². The van der Waals surface area contributed by atoms with Crippen LogP contribution >= 0.6 is 11.6 Å². The molecule has 0 radical (unpaired) electrons. The van der Waals surface area contributed by atoms with Crippen molar-refractivity contribution >= 4 is 41.3 Å². The number of carbonyl (C=O) groups excluding carboxylic acids is 4. The average molecular weight is 560 g/mol. The largest absolute Gasteiger partial charge is 0.465 e. The van der Waals surface area contributed by atoms with Crippen molar-refractivity contribution in [3.05, 3.63) is 0 Å². The second-order valence-electron chi connectivity index (χ2n) is 11.1. The summed E-state index contributed by atoms with van der Waals surface area (Å²) in [4.78, 5) is 62.8. The van der Waals surface area contributed by atoms with Crippen LogP contribution < -0.4 is 21.4 Å². The van der Waals surface area contributed by atoms with E-state index in [1.165, 1.54) is 0 Å². The maximum absolute atomic E-state index is 13.5. The van der Waals surface area contributed by atoms with Crippen LogP contribution in [-0.4, -0.2) is 82.6 Å². The van der Waals surface area contributed by atoms with Gasteiger partial charge in [-0.15, -0.1) is 11.6 Å². The Morgan fingerprint density at radius 2 is 1.76 bits per heavy atom. The van der Waals surface area contributed by atoms with E-state index >= 15 is 0 Å². The van der Waals surface area contributed by atoms with Crippen LogP contribution in [0.25, 0.3) is 0 Å². The summed E-state index contributed by atoms with van der Waals surface area (Å²) in [6.07, 6.45) is 3.51. The number of ether oxygens (including phenoxy) is 1. The van der Waals surface area contributed by atoms with E-state index in [4.69, 9.17) is 16.3 Å². The van der Waals surface area contributed by atoms with Gasteiger partial charge in [-0.05, 0) is 46.5 Å². The lowest BCUT2D eigenvalue weighted by Crippen LogP contribution is -2.60. The molecule has 2 aliphatic rings. The van der Waals surface area contributed by atoms with E-state index in [1.54, 1.807) is 27.7 Å². The number of nitrogens with zero attached hydrogens (tertiary/aromatic N) is 1. The molecule has 4 atom stereocenters. The molecule has 1 heterocycles. The minimum absolute atomic E-state index is 0.0487. The van der Waals surface area contributed by atoms with Crippen LogP contribution in [0.15, 0.2) is 0 Å². The Balaban J connectivity index is 2.23. The van der Waals surface area contributed by atoms with Crippen molar-refractivity contribution in [1.29, 1.82) is 0 Å². The molecular weight excluding hydrogens is 518 g/mol. The van der Waals surface area contributed by atoms with Crippen LogP contribution in [0.2, 0.25) is 0 Å². The molecule has 5 N–H and O–H groups in total. The molecule has 1 unspecified atom stereocenters. The number of carboxylic acid groups (broad SMARTS) is 1. The molecule has 2 fully saturated rings. The van der Waals surface area contributed by atoms with E-state index in [1.807, 2.05) is 0 Å². The van der Waals surface area contributed by atoms with Crippen molar-refractivity contribution in [1.82, 2.24) is 26.4 Å². The highest BCUT2D eigenvalue weighted by molar-refractivity contribution is 6.27. The standard InChI is InChI=1S/C25H42ClN5O7/c1-15(38-25(2,3)4)20(29-24(36)37)23(35)28-18(12-16-8-6-5-7-9-16)22(34)30-31(19(32)13-26)14-17-10-11-27-21(17)33/h15-18,20,29H,5-14H2,1-4H3,(H,27,33)(H,28,35)(H,30,34)(H,36,37)/t15-,17?,18+,20+/m1/s1. The summed E-state index contributed by atoms with van der Waals surface area (Å²) in [6, 6.07) is -2.33. The third kappa shape index (κ3) is 10.3. The number of alkyl halides is 1. The lowest BCUT2D eigenvalue weighted by atomic mass is 9.84. The number of carbonyl (C=O) groups is 5. The lowest BCUT2D eigenvalue weighted by molar-refractivity contribution is -0.143. The number of hydrogen-bond acceptors (Lipinski definition) is 6. The monoisotopic (exact) mass is 559 g/mol. The predicted octanol–water partition coefficient (Wildman–Crippen LogP) is 1.52. The fraction of sp³-hybridized carbons (Fsp3) is 0.800. The van der Waals surface area contributed by atoms with Gasteiger partial charge in [0.25, 0.3) is 11.8 Å². The molecule has 1 saturated heterocycles. The van der Waals surface area contributed by atoms with E-state index in [0.29, 0.717) is 19.4 Å². The molecule has 13 heteroatoms. The number of hydrogen-bond donors (Lipinski definition) is 5. The molecule has 0 aromatic heterocycles. The van der Waals surface area contributed by atoms with Crippen molar-refractivity contribution in [2.75, 3.05) is 19.0 Å². The first-order valence-corrected chi connectivity index (χ1v) is 13.8. The third-order valence-corrected chi connectivity index (χ3v) is 6.95. The smallest absolute Gasteiger partial charge is 0.405 e. The van der Waals surface area contributed by atoms with Gasteiger partial charge in [0.1, 0.15) is 18.0 Å². The number of rotatable bonds is 11. The number of halogens is 1. The summed E-state index contributed by atoms with van der Waals surface area (Å²) in [6.45, 7) is 7.36. The third-order valence-electron chi connectivity index (χ3n) is 6.72. The Labute approximate surface area is 228 Å². The maximum Gasteiger partial charge on any atom is 0.405 e. The van der Waals surface area contributed by atoms with Gasteiger partial charge < -0.3 is 25.8 Å². The van der Waals surface area contributed by atoms with E-state index in [-0.39, 0.29) is 18.4 Å². The second-order valence-corrected chi connectivity index (χ2v) is 11.3. The van der Waals surface area contributed by atoms with Crippen molar-refractivity contribution in [3.8, 4) is 0 Å². The molecular formula is C25H42ClN5O7. The Hall–Kier alpha value is -2.60. The first kappa shape index (κ1) is 31.6. The quantitative estimate of drug-likeness (QED) is 0.189. The number of amides is 5. The van der Waals surface area contributed by atoms with Crippen LogP contribution in [0.5, 0.6) is 0 Å². The maximum atomic E-state index is 13.5. The van der Waals surface area contributed by atoms with Crippen LogP contribution in [-0.2, 0) is 23.9 Å². The highest BCUT2D eigenvalue weighted by Gasteiger charge is 2.36. The van der Waals surface area contributed by atoms with Gasteiger partial charge in [0.15, 0.2) is 0 Å². The highest BCUT2D eigenvalue weighted by atomic mass is 35.5. The topological polar surface area (TPSA) is 166 Å². The summed E-state index contributed by atoms with van der Waals surface area (Å²) < 4.78 is 5.82. The van der Waals surface area contributed by atoms with Gasteiger partial charge in [-0.2, -0.15) is 0 Å². The van der Waals surface area contributed by atoms with E-state index in [9.17, 15) is 29.1 Å². The molecule has 0 aromatic carbocycles. The van der Waals surface area contributed by atoms with Gasteiger partial charge in [0.05, 0.1) is 24.2 Å². The van der Waals surface area contributed by atoms with Crippen molar-refractivity contribution in [2.45, 2.75) is 96.4 Å². The summed E-state index contributed by atoms with van der Waals surface area (Å²) in [5.41, 5.74) is 1.91. The first-order valence-electron chi connectivity index (χ1n) is 13.2. The molecule has 0 bridgehead atoms. The molecule has 1 aliphatic carbocycles. The zero-order chi connectivity index (χ0) is 28.5. The minimum Gasteiger partial charge on any atom is -0.465 e.